The third-order valence-corrected chi connectivity index (χ3v) is 5.93. The first-order valence-corrected chi connectivity index (χ1v) is 9.87. The second-order valence-corrected chi connectivity index (χ2v) is 7.98. The largest absolute Gasteiger partial charge is 0.858 e. The van der Waals surface area contributed by atoms with Gasteiger partial charge in [-0.05, 0) is 36.3 Å². The van der Waals surface area contributed by atoms with Gasteiger partial charge < -0.3 is 16.6 Å². The Balaban J connectivity index is 2.04. The van der Waals surface area contributed by atoms with Crippen LogP contribution in [0.1, 0.15) is 21.6 Å². The van der Waals surface area contributed by atoms with Gasteiger partial charge in [-0.2, -0.15) is 5.26 Å². The van der Waals surface area contributed by atoms with E-state index < -0.39 is 11.5 Å². The second kappa shape index (κ2) is 7.26. The molecule has 156 valence electrons. The number of benzene rings is 1. The van der Waals surface area contributed by atoms with Gasteiger partial charge in [0.1, 0.15) is 22.3 Å². The number of fused-ring (bicyclic) bond motifs is 1. The Morgan fingerprint density at radius 1 is 1.39 bits per heavy atom. The molecule has 10 nitrogen and oxygen atoms in total. The predicted molar refractivity (Wildman–Crippen MR) is 115 cm³/mol. The van der Waals surface area contributed by atoms with Crippen LogP contribution in [0.25, 0.3) is 21.5 Å². The molecule has 0 saturated carbocycles. The van der Waals surface area contributed by atoms with Gasteiger partial charge in [-0.1, -0.05) is 16.8 Å². The summed E-state index contributed by atoms with van der Waals surface area (Å²) in [5, 5.41) is 25.3. The molecule has 3 aromatic heterocycles. The van der Waals surface area contributed by atoms with E-state index in [4.69, 9.17) is 16.0 Å². The van der Waals surface area contributed by atoms with Crippen LogP contribution < -0.4 is 26.9 Å². The standard InChI is InChI=1S/C20H17N7O3S/c1-8-4-5-9(2)11(6-8)24-18(28)16-14(22)13-12(15-20(29)30-26-27(15)3)10(7-21)17(23)25-19(13)31-16/h4-6H,1-3H3,(H5-,22,23,24,25,26,28,29). The monoisotopic (exact) mass is 435 g/mol. The molecule has 31 heavy (non-hydrogen) atoms. The number of nitrogens with zero attached hydrogens (tertiary/aromatic N) is 4. The number of aromatic nitrogens is 3. The molecule has 1 aromatic carbocycles. The lowest BCUT2D eigenvalue weighted by Crippen LogP contribution is -2.34. The predicted octanol–water partition coefficient (Wildman–Crippen LogP) is 1.16. The minimum absolute atomic E-state index is 0.0330. The Morgan fingerprint density at radius 2 is 2.13 bits per heavy atom. The van der Waals surface area contributed by atoms with E-state index in [1.807, 2.05) is 32.0 Å². The number of nitrogens with two attached hydrogens (primary N) is 2. The summed E-state index contributed by atoms with van der Waals surface area (Å²) in [6.45, 7) is 3.76. The van der Waals surface area contributed by atoms with Crippen molar-refractivity contribution in [3.8, 4) is 17.3 Å². The molecule has 4 rings (SSSR count). The Kier molecular flexibility index (Phi) is 4.71. The smallest absolute Gasteiger partial charge is 0.435 e. The van der Waals surface area contributed by atoms with Crippen molar-refractivity contribution >= 4 is 44.6 Å². The highest BCUT2D eigenvalue weighted by atomic mass is 32.1. The molecule has 0 atom stereocenters. The number of H-pyrrole nitrogens is 1. The number of pyridine rings is 1. The average Bonchev–Trinajstić information content (AvgIpc) is 3.22. The summed E-state index contributed by atoms with van der Waals surface area (Å²) in [6, 6.07) is 7.57. The lowest BCUT2D eigenvalue weighted by molar-refractivity contribution is -0.730. The molecule has 0 aliphatic heterocycles. The number of hydrogen-bond donors (Lipinski definition) is 3. The van der Waals surface area contributed by atoms with Crippen molar-refractivity contribution in [2.45, 2.75) is 13.8 Å². The number of thiophene rings is 1. The number of aryl methyl sites for hydroxylation is 3. The van der Waals surface area contributed by atoms with E-state index >= 15 is 0 Å². The molecule has 0 bridgehead atoms. The highest BCUT2D eigenvalue weighted by molar-refractivity contribution is 7.21. The van der Waals surface area contributed by atoms with E-state index in [0.717, 1.165) is 22.5 Å². The quantitative estimate of drug-likeness (QED) is 0.246. The topological polar surface area (TPSA) is 174 Å². The number of nitrogens with one attached hydrogen (secondary N) is 1. The maximum atomic E-state index is 13.0. The van der Waals surface area contributed by atoms with Crippen LogP contribution in [0.3, 0.4) is 0 Å². The number of aromatic amines is 1. The molecule has 0 spiro atoms. The highest BCUT2D eigenvalue weighted by Crippen LogP contribution is 2.41. The molecule has 0 saturated heterocycles. The van der Waals surface area contributed by atoms with Crippen molar-refractivity contribution in [3.05, 3.63) is 50.2 Å². The number of hydrogen-bond acceptors (Lipinski definition) is 9. The van der Waals surface area contributed by atoms with Crippen molar-refractivity contribution < 1.29 is 14.3 Å². The Hall–Kier alpha value is -4.17. The summed E-state index contributed by atoms with van der Waals surface area (Å²) in [4.78, 5) is 21.2. The summed E-state index contributed by atoms with van der Waals surface area (Å²) in [7, 11) is 1.54. The van der Waals surface area contributed by atoms with Gasteiger partial charge in [0.05, 0.1) is 27.2 Å². The third kappa shape index (κ3) is 3.19. The molecule has 5 N–H and O–H groups in total. The van der Waals surface area contributed by atoms with Crippen LogP contribution in [0.5, 0.6) is 0 Å². The number of nitriles is 1. The van der Waals surface area contributed by atoms with Crippen LogP contribution in [0.2, 0.25) is 0 Å². The normalized spacial score (nSPS) is 11.7. The number of anilines is 2. The molecule has 4 aromatic rings. The minimum Gasteiger partial charge on any atom is -0.858 e. The summed E-state index contributed by atoms with van der Waals surface area (Å²) in [5.74, 6) is -0.639. The average molecular weight is 435 g/mol. The van der Waals surface area contributed by atoms with E-state index in [9.17, 15) is 15.2 Å². The van der Waals surface area contributed by atoms with Gasteiger partial charge in [0, 0.05) is 5.90 Å². The Morgan fingerprint density at radius 3 is 2.77 bits per heavy atom. The Labute approximate surface area is 179 Å². The first-order chi connectivity index (χ1) is 14.7. The maximum Gasteiger partial charge on any atom is 0.435 e. The molecule has 0 fully saturated rings. The fourth-order valence-electron chi connectivity index (χ4n) is 3.29. The fourth-order valence-corrected chi connectivity index (χ4v) is 4.29. The second-order valence-electron chi connectivity index (χ2n) is 6.98. The SMILES string of the molecule is Cc1ccc(C)c(N=C([O-])c2sc3nc(N)c(C#N)c(-c4c(=O)o[nH][n+]4C)c3c2N)c1. The van der Waals surface area contributed by atoms with Crippen LogP contribution >= 0.6 is 11.3 Å². The third-order valence-electron chi connectivity index (χ3n) is 4.84. The van der Waals surface area contributed by atoms with E-state index in [1.165, 1.54) is 11.7 Å². The molecular weight excluding hydrogens is 418 g/mol. The zero-order valence-electron chi connectivity index (χ0n) is 16.8. The van der Waals surface area contributed by atoms with Crippen LogP contribution in [-0.2, 0) is 7.05 Å². The van der Waals surface area contributed by atoms with Gasteiger partial charge in [0.15, 0.2) is 7.05 Å². The number of aliphatic imine (C=N–C) groups is 1. The van der Waals surface area contributed by atoms with E-state index in [0.29, 0.717) is 10.5 Å². The molecule has 0 radical (unpaired) electrons. The molecule has 0 aliphatic rings. The molecule has 0 unspecified atom stereocenters. The summed E-state index contributed by atoms with van der Waals surface area (Å²) >= 11 is 0.997. The highest BCUT2D eigenvalue weighted by Gasteiger charge is 2.31. The van der Waals surface area contributed by atoms with Gasteiger partial charge in [0.25, 0.3) is 0 Å². The van der Waals surface area contributed by atoms with Crippen molar-refractivity contribution in [2.75, 3.05) is 11.5 Å². The zero-order valence-corrected chi connectivity index (χ0v) is 17.6. The maximum absolute atomic E-state index is 13.0. The van der Waals surface area contributed by atoms with E-state index in [-0.39, 0.29) is 38.6 Å². The van der Waals surface area contributed by atoms with Crippen LogP contribution in [0.15, 0.2) is 32.5 Å². The lowest BCUT2D eigenvalue weighted by atomic mass is 10.0. The van der Waals surface area contributed by atoms with E-state index in [1.54, 1.807) is 6.07 Å². The zero-order chi connectivity index (χ0) is 22.4. The lowest BCUT2D eigenvalue weighted by Gasteiger charge is -2.11. The Bertz CT molecular complexity index is 1490. The van der Waals surface area contributed by atoms with Crippen molar-refractivity contribution in [1.82, 2.24) is 10.3 Å². The van der Waals surface area contributed by atoms with Gasteiger partial charge in [0.2, 0.25) is 0 Å². The number of rotatable bonds is 3. The number of nitrogen functional groups attached to an aromatic ring is 2. The van der Waals surface area contributed by atoms with Crippen molar-refractivity contribution in [3.63, 3.8) is 0 Å². The van der Waals surface area contributed by atoms with Gasteiger partial charge in [-0.15, -0.1) is 11.3 Å². The first kappa shape index (κ1) is 20.1. The summed E-state index contributed by atoms with van der Waals surface area (Å²) in [5.41, 5.74) is 14.1. The van der Waals surface area contributed by atoms with Gasteiger partial charge in [-0.25, -0.2) is 9.78 Å². The van der Waals surface area contributed by atoms with Crippen molar-refractivity contribution in [1.29, 1.82) is 5.26 Å². The van der Waals surface area contributed by atoms with Gasteiger partial charge >= 0.3 is 11.3 Å². The minimum atomic E-state index is -0.718. The molecule has 3 heterocycles. The molecular formula is C20H17N7O3S. The molecule has 11 heteroatoms. The fraction of sp³-hybridized carbons (Fsp3) is 0.150. The summed E-state index contributed by atoms with van der Waals surface area (Å²) in [6.07, 6.45) is 0. The van der Waals surface area contributed by atoms with Crippen molar-refractivity contribution in [2.24, 2.45) is 12.0 Å². The van der Waals surface area contributed by atoms with E-state index in [2.05, 4.69) is 15.2 Å². The molecule has 0 aliphatic carbocycles. The van der Waals surface area contributed by atoms with Crippen LogP contribution in [0, 0.1) is 25.2 Å². The first-order valence-electron chi connectivity index (χ1n) is 9.05. The summed E-state index contributed by atoms with van der Waals surface area (Å²) < 4.78 is 6.13. The van der Waals surface area contributed by atoms with Crippen LogP contribution in [0.4, 0.5) is 17.2 Å². The van der Waals surface area contributed by atoms with Crippen LogP contribution in [-0.4, -0.2) is 16.2 Å². The molecule has 0 amide bonds. The van der Waals surface area contributed by atoms with Gasteiger partial charge in [-0.3, -0.25) is 9.52 Å².